The van der Waals surface area contributed by atoms with Crippen LogP contribution in [0.1, 0.15) is 11.3 Å². The zero-order chi connectivity index (χ0) is 10.3. The lowest BCUT2D eigenvalue weighted by Gasteiger charge is -2.18. The van der Waals surface area contributed by atoms with E-state index in [4.69, 9.17) is 9.47 Å². The van der Waals surface area contributed by atoms with Crippen LogP contribution in [0.25, 0.3) is 0 Å². The van der Waals surface area contributed by atoms with Crippen molar-refractivity contribution in [2.75, 3.05) is 7.11 Å². The highest BCUT2D eigenvalue weighted by atomic mass is 16.5. The highest BCUT2D eigenvalue weighted by Crippen LogP contribution is 2.40. The molecule has 1 aromatic carbocycles. The van der Waals surface area contributed by atoms with Gasteiger partial charge in [0.05, 0.1) is 19.1 Å². The summed E-state index contributed by atoms with van der Waals surface area (Å²) in [5, 5.41) is 0. The van der Waals surface area contributed by atoms with Crippen molar-refractivity contribution < 1.29 is 9.47 Å². The van der Waals surface area contributed by atoms with Gasteiger partial charge in [0.1, 0.15) is 0 Å². The second-order valence-corrected chi connectivity index (χ2v) is 3.41. The molecule has 2 heterocycles. The lowest BCUT2D eigenvalue weighted by Crippen LogP contribution is -2.04. The first-order valence-electron chi connectivity index (χ1n) is 4.74. The summed E-state index contributed by atoms with van der Waals surface area (Å²) in [6.07, 6.45) is 2.45. The van der Waals surface area contributed by atoms with Crippen LogP contribution in [-0.4, -0.2) is 17.1 Å². The molecule has 0 saturated carbocycles. The fourth-order valence-electron chi connectivity index (χ4n) is 1.79. The van der Waals surface area contributed by atoms with Crippen molar-refractivity contribution in [1.82, 2.24) is 9.97 Å². The van der Waals surface area contributed by atoms with E-state index in [1.54, 1.807) is 13.4 Å². The van der Waals surface area contributed by atoms with Crippen molar-refractivity contribution in [2.45, 2.75) is 6.42 Å². The van der Waals surface area contributed by atoms with Crippen molar-refractivity contribution in [1.29, 1.82) is 0 Å². The second-order valence-electron chi connectivity index (χ2n) is 3.41. The van der Waals surface area contributed by atoms with E-state index in [2.05, 4.69) is 9.97 Å². The number of methoxy groups -OCH3 is 1. The Kier molecular flexibility index (Phi) is 1.68. The van der Waals surface area contributed by atoms with E-state index < -0.39 is 0 Å². The van der Waals surface area contributed by atoms with Crippen molar-refractivity contribution in [3.05, 3.63) is 35.8 Å². The SMILES string of the molecule is COc1cccc2c1Oc1nc[nH]c1C2. The van der Waals surface area contributed by atoms with Gasteiger partial charge in [0, 0.05) is 12.0 Å². The number of para-hydroxylation sites is 1. The zero-order valence-corrected chi connectivity index (χ0v) is 8.28. The van der Waals surface area contributed by atoms with Gasteiger partial charge in [-0.05, 0) is 6.07 Å². The van der Waals surface area contributed by atoms with Gasteiger partial charge in [-0.3, -0.25) is 0 Å². The normalized spacial score (nSPS) is 12.6. The highest BCUT2D eigenvalue weighted by molar-refractivity contribution is 5.53. The molecule has 1 N–H and O–H groups in total. The molecule has 1 aliphatic heterocycles. The van der Waals surface area contributed by atoms with Crippen LogP contribution in [-0.2, 0) is 6.42 Å². The number of H-pyrrole nitrogens is 1. The van der Waals surface area contributed by atoms with Gasteiger partial charge < -0.3 is 14.5 Å². The molecular weight excluding hydrogens is 192 g/mol. The second kappa shape index (κ2) is 3.02. The van der Waals surface area contributed by atoms with E-state index in [0.717, 1.165) is 29.2 Å². The van der Waals surface area contributed by atoms with Crippen LogP contribution in [0.2, 0.25) is 0 Å². The number of nitrogens with zero attached hydrogens (tertiary/aromatic N) is 1. The van der Waals surface area contributed by atoms with Crippen LogP contribution >= 0.6 is 0 Å². The molecule has 76 valence electrons. The number of aromatic nitrogens is 2. The largest absolute Gasteiger partial charge is 0.493 e. The third-order valence-corrected chi connectivity index (χ3v) is 2.53. The Bertz CT molecular complexity index is 505. The van der Waals surface area contributed by atoms with Gasteiger partial charge in [-0.25, -0.2) is 4.98 Å². The van der Waals surface area contributed by atoms with E-state index in [1.807, 2.05) is 18.2 Å². The maximum atomic E-state index is 5.67. The van der Waals surface area contributed by atoms with Gasteiger partial charge >= 0.3 is 0 Å². The number of imidazole rings is 1. The summed E-state index contributed by atoms with van der Waals surface area (Å²) in [5.74, 6) is 2.17. The molecule has 0 aliphatic carbocycles. The van der Waals surface area contributed by atoms with Crippen LogP contribution in [0.15, 0.2) is 24.5 Å². The Morgan fingerprint density at radius 1 is 1.47 bits per heavy atom. The van der Waals surface area contributed by atoms with Gasteiger partial charge in [0.25, 0.3) is 0 Å². The minimum absolute atomic E-state index is 0.645. The fourth-order valence-corrected chi connectivity index (χ4v) is 1.79. The maximum absolute atomic E-state index is 5.67. The van der Waals surface area contributed by atoms with Crippen molar-refractivity contribution >= 4 is 0 Å². The molecule has 0 atom stereocenters. The monoisotopic (exact) mass is 202 g/mol. The number of benzene rings is 1. The minimum Gasteiger partial charge on any atom is -0.493 e. The van der Waals surface area contributed by atoms with E-state index >= 15 is 0 Å². The Balaban J connectivity index is 2.13. The molecule has 0 bridgehead atoms. The Hall–Kier alpha value is -1.97. The molecule has 0 fully saturated rings. The zero-order valence-electron chi connectivity index (χ0n) is 8.28. The average Bonchev–Trinajstić information content (AvgIpc) is 2.72. The van der Waals surface area contributed by atoms with Gasteiger partial charge in [-0.2, -0.15) is 0 Å². The molecule has 0 unspecified atom stereocenters. The number of nitrogens with one attached hydrogen (secondary N) is 1. The summed E-state index contributed by atoms with van der Waals surface area (Å²) in [6, 6.07) is 5.88. The molecule has 3 rings (SSSR count). The molecule has 0 saturated heterocycles. The van der Waals surface area contributed by atoms with Gasteiger partial charge in [-0.15, -0.1) is 0 Å². The van der Waals surface area contributed by atoms with E-state index in [9.17, 15) is 0 Å². The van der Waals surface area contributed by atoms with Crippen molar-refractivity contribution in [3.8, 4) is 17.4 Å². The van der Waals surface area contributed by atoms with Crippen LogP contribution in [0.3, 0.4) is 0 Å². The quantitative estimate of drug-likeness (QED) is 0.657. The summed E-state index contributed by atoms with van der Waals surface area (Å²) in [7, 11) is 1.64. The number of ether oxygens (including phenoxy) is 2. The number of fused-ring (bicyclic) bond motifs is 2. The topological polar surface area (TPSA) is 47.1 Å². The third kappa shape index (κ3) is 1.18. The smallest absolute Gasteiger partial charge is 0.240 e. The Morgan fingerprint density at radius 2 is 2.40 bits per heavy atom. The molecule has 0 amide bonds. The molecule has 1 aromatic heterocycles. The standard InChI is InChI=1S/C11H10N2O2/c1-14-9-4-2-3-7-5-8-11(13-6-12-8)15-10(7)9/h2-4,6H,5H2,1H3,(H,12,13). The molecule has 4 nitrogen and oxygen atoms in total. The van der Waals surface area contributed by atoms with Gasteiger partial charge in [-0.1, -0.05) is 12.1 Å². The molecule has 1 aliphatic rings. The van der Waals surface area contributed by atoms with Crippen molar-refractivity contribution in [3.63, 3.8) is 0 Å². The lowest BCUT2D eigenvalue weighted by atomic mass is 10.1. The fraction of sp³-hybridized carbons (Fsp3) is 0.182. The Labute approximate surface area is 86.9 Å². The van der Waals surface area contributed by atoms with Gasteiger partial charge in [0.15, 0.2) is 11.5 Å². The predicted octanol–water partition coefficient (Wildman–Crippen LogP) is 2.11. The van der Waals surface area contributed by atoms with E-state index in [0.29, 0.717) is 5.88 Å². The predicted molar refractivity (Wildman–Crippen MR) is 54.5 cm³/mol. The molecule has 0 spiro atoms. The summed E-state index contributed by atoms with van der Waals surface area (Å²) in [5.41, 5.74) is 2.13. The summed E-state index contributed by atoms with van der Waals surface area (Å²) < 4.78 is 10.9. The van der Waals surface area contributed by atoms with Crippen LogP contribution in [0, 0.1) is 0 Å². The molecule has 0 radical (unpaired) electrons. The van der Waals surface area contributed by atoms with E-state index in [-0.39, 0.29) is 0 Å². The molecule has 2 aromatic rings. The maximum Gasteiger partial charge on any atom is 0.240 e. The number of hydrogen-bond donors (Lipinski definition) is 1. The number of rotatable bonds is 1. The number of hydrogen-bond acceptors (Lipinski definition) is 3. The van der Waals surface area contributed by atoms with E-state index in [1.165, 1.54) is 0 Å². The minimum atomic E-state index is 0.645. The molecule has 4 heteroatoms. The van der Waals surface area contributed by atoms with Crippen LogP contribution < -0.4 is 9.47 Å². The first-order valence-corrected chi connectivity index (χ1v) is 4.74. The summed E-state index contributed by atoms with van der Waals surface area (Å²) in [6.45, 7) is 0. The first kappa shape index (κ1) is 8.35. The van der Waals surface area contributed by atoms with Gasteiger partial charge in [0.2, 0.25) is 5.88 Å². The summed E-state index contributed by atoms with van der Waals surface area (Å²) in [4.78, 5) is 7.16. The van der Waals surface area contributed by atoms with Crippen LogP contribution in [0.5, 0.6) is 17.4 Å². The van der Waals surface area contributed by atoms with Crippen LogP contribution in [0.4, 0.5) is 0 Å². The average molecular weight is 202 g/mol. The molecule has 15 heavy (non-hydrogen) atoms. The Morgan fingerprint density at radius 3 is 3.27 bits per heavy atom. The number of aromatic amines is 1. The first-order chi connectivity index (χ1) is 7.38. The molecular formula is C11H10N2O2. The lowest BCUT2D eigenvalue weighted by molar-refractivity contribution is 0.366. The highest BCUT2D eigenvalue weighted by Gasteiger charge is 2.21. The van der Waals surface area contributed by atoms with Crippen molar-refractivity contribution in [2.24, 2.45) is 0 Å². The third-order valence-electron chi connectivity index (χ3n) is 2.53. The summed E-state index contributed by atoms with van der Waals surface area (Å²) >= 11 is 0.